The molecular formula is C15H21ClFNO2. The second-order valence-corrected chi connectivity index (χ2v) is 5.81. The van der Waals surface area contributed by atoms with E-state index in [9.17, 15) is 9.50 Å². The summed E-state index contributed by atoms with van der Waals surface area (Å²) < 4.78 is 19.4. The summed E-state index contributed by atoms with van der Waals surface area (Å²) in [5.74, 6) is -0.460. The third-order valence-corrected chi connectivity index (χ3v) is 4.53. The third kappa shape index (κ3) is 2.98. The van der Waals surface area contributed by atoms with Gasteiger partial charge in [0.1, 0.15) is 5.82 Å². The van der Waals surface area contributed by atoms with Gasteiger partial charge in [-0.05, 0) is 25.5 Å². The number of ether oxygens (including phenoxy) is 1. The topological polar surface area (TPSA) is 32.7 Å². The SMILES string of the molecule is CCC(C)(C(O)c1ccc(Cl)cc1F)N1CCOCC1. The maximum Gasteiger partial charge on any atom is 0.130 e. The van der Waals surface area contributed by atoms with Gasteiger partial charge in [0.05, 0.1) is 19.3 Å². The van der Waals surface area contributed by atoms with Gasteiger partial charge in [-0.1, -0.05) is 24.6 Å². The van der Waals surface area contributed by atoms with Crippen molar-refractivity contribution < 1.29 is 14.2 Å². The Morgan fingerprint density at radius 3 is 2.65 bits per heavy atom. The highest BCUT2D eigenvalue weighted by Gasteiger charge is 2.39. The lowest BCUT2D eigenvalue weighted by molar-refractivity contribution is -0.0743. The molecule has 0 spiro atoms. The zero-order valence-corrected chi connectivity index (χ0v) is 12.7. The average molecular weight is 302 g/mol. The van der Waals surface area contributed by atoms with Crippen LogP contribution in [0.4, 0.5) is 4.39 Å². The van der Waals surface area contributed by atoms with E-state index in [2.05, 4.69) is 4.90 Å². The Labute approximate surface area is 124 Å². The first kappa shape index (κ1) is 15.7. The van der Waals surface area contributed by atoms with Gasteiger partial charge in [-0.25, -0.2) is 4.39 Å². The molecule has 1 heterocycles. The van der Waals surface area contributed by atoms with Crippen molar-refractivity contribution in [1.29, 1.82) is 0 Å². The van der Waals surface area contributed by atoms with Crippen LogP contribution in [0.25, 0.3) is 0 Å². The molecule has 1 fully saturated rings. The Balaban J connectivity index is 2.29. The van der Waals surface area contributed by atoms with Crippen LogP contribution < -0.4 is 0 Å². The minimum absolute atomic E-state index is 0.297. The lowest BCUT2D eigenvalue weighted by Crippen LogP contribution is -2.54. The summed E-state index contributed by atoms with van der Waals surface area (Å²) in [5, 5.41) is 11.0. The first-order valence-corrected chi connectivity index (χ1v) is 7.32. The summed E-state index contributed by atoms with van der Waals surface area (Å²) in [6.45, 7) is 6.76. The number of nitrogens with zero attached hydrogens (tertiary/aromatic N) is 1. The largest absolute Gasteiger partial charge is 0.386 e. The Morgan fingerprint density at radius 1 is 1.45 bits per heavy atom. The van der Waals surface area contributed by atoms with Crippen molar-refractivity contribution in [3.8, 4) is 0 Å². The van der Waals surface area contributed by atoms with E-state index in [1.54, 1.807) is 12.1 Å². The number of morpholine rings is 1. The summed E-state index contributed by atoms with van der Waals surface area (Å²) in [6, 6.07) is 4.42. The van der Waals surface area contributed by atoms with Crippen LogP contribution in [-0.2, 0) is 4.74 Å². The predicted molar refractivity (Wildman–Crippen MR) is 77.5 cm³/mol. The van der Waals surface area contributed by atoms with Gasteiger partial charge in [-0.2, -0.15) is 0 Å². The van der Waals surface area contributed by atoms with Crippen molar-refractivity contribution >= 4 is 11.6 Å². The van der Waals surface area contributed by atoms with Crippen molar-refractivity contribution in [2.45, 2.75) is 31.9 Å². The number of rotatable bonds is 4. The van der Waals surface area contributed by atoms with E-state index in [1.807, 2.05) is 13.8 Å². The van der Waals surface area contributed by atoms with Crippen molar-refractivity contribution in [3.05, 3.63) is 34.6 Å². The minimum atomic E-state index is -0.900. The Morgan fingerprint density at radius 2 is 2.10 bits per heavy atom. The molecule has 1 N–H and O–H groups in total. The van der Waals surface area contributed by atoms with Gasteiger partial charge in [0.2, 0.25) is 0 Å². The van der Waals surface area contributed by atoms with Gasteiger partial charge in [0.15, 0.2) is 0 Å². The summed E-state index contributed by atoms with van der Waals surface area (Å²) in [6.07, 6.45) is -0.182. The molecule has 0 saturated carbocycles. The smallest absolute Gasteiger partial charge is 0.130 e. The quantitative estimate of drug-likeness (QED) is 0.928. The van der Waals surface area contributed by atoms with Crippen molar-refractivity contribution in [2.75, 3.05) is 26.3 Å². The summed E-state index contributed by atoms with van der Waals surface area (Å²) in [7, 11) is 0. The lowest BCUT2D eigenvalue weighted by atomic mass is 9.84. The number of aliphatic hydroxyl groups excluding tert-OH is 1. The van der Waals surface area contributed by atoms with Gasteiger partial charge >= 0.3 is 0 Å². The molecule has 5 heteroatoms. The molecule has 20 heavy (non-hydrogen) atoms. The summed E-state index contributed by atoms with van der Waals surface area (Å²) in [5.41, 5.74) is -0.219. The number of hydrogen-bond acceptors (Lipinski definition) is 3. The van der Waals surface area contributed by atoms with Crippen LogP contribution in [-0.4, -0.2) is 41.8 Å². The molecular weight excluding hydrogens is 281 g/mol. The van der Waals surface area contributed by atoms with Crippen LogP contribution in [0, 0.1) is 5.82 Å². The summed E-state index contributed by atoms with van der Waals surface area (Å²) >= 11 is 5.77. The van der Waals surface area contributed by atoms with Crippen LogP contribution in [0.5, 0.6) is 0 Å². The molecule has 0 amide bonds. The highest BCUT2D eigenvalue weighted by atomic mass is 35.5. The Bertz CT molecular complexity index is 465. The van der Waals surface area contributed by atoms with Crippen molar-refractivity contribution in [2.24, 2.45) is 0 Å². The Hall–Kier alpha value is -0.680. The maximum atomic E-state index is 14.0. The molecule has 0 bridgehead atoms. The fourth-order valence-electron chi connectivity index (χ4n) is 2.72. The number of aliphatic hydroxyl groups is 1. The highest BCUT2D eigenvalue weighted by Crippen LogP contribution is 2.36. The van der Waals surface area contributed by atoms with E-state index in [4.69, 9.17) is 16.3 Å². The van der Waals surface area contributed by atoms with E-state index < -0.39 is 17.5 Å². The molecule has 1 aliphatic rings. The molecule has 2 rings (SSSR count). The molecule has 1 aliphatic heterocycles. The molecule has 1 aromatic carbocycles. The van der Waals surface area contributed by atoms with Crippen LogP contribution in [0.3, 0.4) is 0 Å². The first-order valence-electron chi connectivity index (χ1n) is 6.95. The van der Waals surface area contributed by atoms with Crippen LogP contribution >= 0.6 is 11.6 Å². The first-order chi connectivity index (χ1) is 9.49. The Kier molecular flexibility index (Phi) is 5.02. The molecule has 0 aliphatic carbocycles. The second kappa shape index (κ2) is 6.39. The van der Waals surface area contributed by atoms with Crippen LogP contribution in [0.1, 0.15) is 31.9 Å². The van der Waals surface area contributed by atoms with Gasteiger partial charge in [-0.15, -0.1) is 0 Å². The molecule has 2 unspecified atom stereocenters. The molecule has 1 saturated heterocycles. The third-order valence-electron chi connectivity index (χ3n) is 4.30. The van der Waals surface area contributed by atoms with Crippen molar-refractivity contribution in [1.82, 2.24) is 4.90 Å². The zero-order valence-electron chi connectivity index (χ0n) is 11.9. The number of hydrogen-bond donors (Lipinski definition) is 1. The molecule has 0 aromatic heterocycles. The molecule has 2 atom stereocenters. The fraction of sp³-hybridized carbons (Fsp3) is 0.600. The average Bonchev–Trinajstić information content (AvgIpc) is 2.46. The van der Waals surface area contributed by atoms with Crippen molar-refractivity contribution in [3.63, 3.8) is 0 Å². The van der Waals surface area contributed by atoms with E-state index >= 15 is 0 Å². The highest BCUT2D eigenvalue weighted by molar-refractivity contribution is 6.30. The minimum Gasteiger partial charge on any atom is -0.386 e. The monoisotopic (exact) mass is 301 g/mol. The van der Waals surface area contributed by atoms with E-state index in [0.29, 0.717) is 23.8 Å². The zero-order chi connectivity index (χ0) is 14.8. The standard InChI is InChI=1S/C15H21ClFNO2/c1-3-15(2,18-6-8-20-9-7-18)14(19)12-5-4-11(16)10-13(12)17/h4-5,10,14,19H,3,6-9H2,1-2H3. The van der Waals surface area contributed by atoms with Crippen LogP contribution in [0.2, 0.25) is 5.02 Å². The van der Waals surface area contributed by atoms with Gasteiger partial charge in [0, 0.05) is 29.2 Å². The molecule has 112 valence electrons. The van der Waals surface area contributed by atoms with E-state index in [-0.39, 0.29) is 0 Å². The van der Waals surface area contributed by atoms with E-state index in [0.717, 1.165) is 19.5 Å². The molecule has 0 radical (unpaired) electrons. The summed E-state index contributed by atoms with van der Waals surface area (Å²) in [4.78, 5) is 2.18. The van der Waals surface area contributed by atoms with Crippen LogP contribution in [0.15, 0.2) is 18.2 Å². The van der Waals surface area contributed by atoms with E-state index in [1.165, 1.54) is 6.07 Å². The van der Waals surface area contributed by atoms with Gasteiger partial charge < -0.3 is 9.84 Å². The number of benzene rings is 1. The van der Waals surface area contributed by atoms with Gasteiger partial charge in [0.25, 0.3) is 0 Å². The van der Waals surface area contributed by atoms with Gasteiger partial charge in [-0.3, -0.25) is 4.90 Å². The molecule has 3 nitrogen and oxygen atoms in total. The second-order valence-electron chi connectivity index (χ2n) is 5.38. The predicted octanol–water partition coefficient (Wildman–Crippen LogP) is 3.01. The number of halogens is 2. The fourth-order valence-corrected chi connectivity index (χ4v) is 2.88. The normalized spacial score (nSPS) is 21.4. The lowest BCUT2D eigenvalue weighted by Gasteiger charge is -2.46. The maximum absolute atomic E-state index is 14.0. The molecule has 1 aromatic rings.